The van der Waals surface area contributed by atoms with Gasteiger partial charge in [0, 0.05) is 35.1 Å². The maximum absolute atomic E-state index is 12.9. The Balaban J connectivity index is 1.56. The molecule has 1 amide bonds. The van der Waals surface area contributed by atoms with Gasteiger partial charge in [0.1, 0.15) is 5.65 Å². The first kappa shape index (κ1) is 22.5. The summed E-state index contributed by atoms with van der Waals surface area (Å²) >= 11 is 1.70. The third-order valence-electron chi connectivity index (χ3n) is 6.45. The fraction of sp³-hybridized carbons (Fsp3) is 0.500. The van der Waals surface area contributed by atoms with E-state index in [2.05, 4.69) is 22.5 Å². The van der Waals surface area contributed by atoms with Crippen LogP contribution in [0.3, 0.4) is 0 Å². The normalized spacial score (nSPS) is 14.1. The van der Waals surface area contributed by atoms with Crippen LogP contribution in [0.1, 0.15) is 59.9 Å². The van der Waals surface area contributed by atoms with Gasteiger partial charge < -0.3 is 14.6 Å². The van der Waals surface area contributed by atoms with Gasteiger partial charge in [-0.2, -0.15) is 0 Å². The van der Waals surface area contributed by atoms with Crippen LogP contribution < -0.4 is 0 Å². The van der Waals surface area contributed by atoms with Crippen LogP contribution in [0.5, 0.6) is 0 Å². The molecule has 0 saturated heterocycles. The highest BCUT2D eigenvalue weighted by Crippen LogP contribution is 2.32. The molecule has 170 valence electrons. The minimum Gasteiger partial charge on any atom is -0.481 e. The summed E-state index contributed by atoms with van der Waals surface area (Å²) in [6.07, 6.45) is 4.04. The Morgan fingerprint density at radius 2 is 2.06 bits per heavy atom. The van der Waals surface area contributed by atoms with E-state index in [1.807, 2.05) is 24.1 Å². The van der Waals surface area contributed by atoms with Crippen molar-refractivity contribution >= 4 is 34.2 Å². The summed E-state index contributed by atoms with van der Waals surface area (Å²) in [5, 5.41) is 11.5. The summed E-state index contributed by atoms with van der Waals surface area (Å²) in [4.78, 5) is 36.8. The van der Waals surface area contributed by atoms with Crippen LogP contribution >= 0.6 is 11.3 Å². The first-order valence-corrected chi connectivity index (χ1v) is 11.9. The summed E-state index contributed by atoms with van der Waals surface area (Å²) in [7, 11) is 0. The highest BCUT2D eigenvalue weighted by molar-refractivity contribution is 7.11. The molecule has 0 unspecified atom stereocenters. The van der Waals surface area contributed by atoms with Gasteiger partial charge in [0.05, 0.1) is 29.2 Å². The standard InChI is InChI=1S/C24H30N4O3S/c1-15-19(26-16(2)32-15)13-28-20-14-27(21(29)8-5-10-24(3,4)23(30)31)12-9-17(20)18-7-6-11-25-22(18)28/h6-7,11H,5,8-10,12-14H2,1-4H3,(H,30,31). The second kappa shape index (κ2) is 8.65. The van der Waals surface area contributed by atoms with Crippen molar-refractivity contribution in [3.05, 3.63) is 45.2 Å². The maximum atomic E-state index is 12.9. The minimum atomic E-state index is -0.822. The Bertz CT molecular complexity index is 1180. The first-order valence-electron chi connectivity index (χ1n) is 11.1. The largest absolute Gasteiger partial charge is 0.481 e. The molecular formula is C24H30N4O3S. The Morgan fingerprint density at radius 3 is 2.75 bits per heavy atom. The predicted octanol–water partition coefficient (Wildman–Crippen LogP) is 4.32. The molecule has 4 rings (SSSR count). The average molecular weight is 455 g/mol. The topological polar surface area (TPSA) is 88.3 Å². The Kier molecular flexibility index (Phi) is 6.07. The van der Waals surface area contributed by atoms with Gasteiger partial charge in [0.25, 0.3) is 0 Å². The number of nitrogens with zero attached hydrogens (tertiary/aromatic N) is 4. The van der Waals surface area contributed by atoms with E-state index in [9.17, 15) is 14.7 Å². The summed E-state index contributed by atoms with van der Waals surface area (Å²) in [6, 6.07) is 4.08. The molecule has 3 aromatic rings. The lowest BCUT2D eigenvalue weighted by Gasteiger charge is -2.29. The molecular weight excluding hydrogens is 424 g/mol. The van der Waals surface area contributed by atoms with Gasteiger partial charge in [-0.05, 0) is 64.7 Å². The summed E-state index contributed by atoms with van der Waals surface area (Å²) < 4.78 is 2.22. The van der Waals surface area contributed by atoms with Crippen molar-refractivity contribution in [3.8, 4) is 0 Å². The van der Waals surface area contributed by atoms with Crippen molar-refractivity contribution in [3.63, 3.8) is 0 Å². The van der Waals surface area contributed by atoms with E-state index in [0.29, 0.717) is 38.9 Å². The van der Waals surface area contributed by atoms with E-state index in [4.69, 9.17) is 4.98 Å². The summed E-state index contributed by atoms with van der Waals surface area (Å²) in [6.45, 7) is 9.41. The number of carboxylic acid groups (broad SMARTS) is 1. The molecule has 1 N–H and O–H groups in total. The number of aryl methyl sites for hydroxylation is 2. The molecule has 1 aliphatic rings. The second-order valence-electron chi connectivity index (χ2n) is 9.23. The molecule has 32 heavy (non-hydrogen) atoms. The molecule has 3 aromatic heterocycles. The number of aliphatic carboxylic acids is 1. The van der Waals surface area contributed by atoms with Gasteiger partial charge in [-0.25, -0.2) is 9.97 Å². The van der Waals surface area contributed by atoms with E-state index >= 15 is 0 Å². The molecule has 7 nitrogen and oxygen atoms in total. The Morgan fingerprint density at radius 1 is 1.28 bits per heavy atom. The monoisotopic (exact) mass is 454 g/mol. The number of pyridine rings is 1. The third kappa shape index (κ3) is 4.28. The van der Waals surface area contributed by atoms with Crippen LogP contribution in [0.2, 0.25) is 0 Å². The second-order valence-corrected chi connectivity index (χ2v) is 10.6. The van der Waals surface area contributed by atoms with Gasteiger partial charge in [-0.3, -0.25) is 9.59 Å². The van der Waals surface area contributed by atoms with Crippen molar-refractivity contribution < 1.29 is 14.7 Å². The van der Waals surface area contributed by atoms with Crippen LogP contribution in [0.4, 0.5) is 0 Å². The average Bonchev–Trinajstić information content (AvgIpc) is 3.24. The van der Waals surface area contributed by atoms with Crippen molar-refractivity contribution in [2.75, 3.05) is 6.54 Å². The molecule has 0 saturated carbocycles. The molecule has 1 aliphatic heterocycles. The number of carboxylic acids is 1. The number of aromatic nitrogens is 3. The van der Waals surface area contributed by atoms with Gasteiger partial charge in [-0.1, -0.05) is 0 Å². The van der Waals surface area contributed by atoms with Crippen LogP contribution in [0, 0.1) is 19.3 Å². The highest BCUT2D eigenvalue weighted by atomic mass is 32.1. The van der Waals surface area contributed by atoms with E-state index < -0.39 is 11.4 Å². The smallest absolute Gasteiger partial charge is 0.309 e. The van der Waals surface area contributed by atoms with E-state index in [-0.39, 0.29) is 5.91 Å². The molecule has 0 radical (unpaired) electrons. The van der Waals surface area contributed by atoms with Crippen LogP contribution in [0.25, 0.3) is 11.0 Å². The number of carbonyl (C=O) groups excluding carboxylic acids is 1. The zero-order valence-corrected chi connectivity index (χ0v) is 20.0. The number of carbonyl (C=O) groups is 2. The number of thiazole rings is 1. The van der Waals surface area contributed by atoms with Gasteiger partial charge >= 0.3 is 5.97 Å². The number of rotatable bonds is 7. The summed E-state index contributed by atoms with van der Waals surface area (Å²) in [5.74, 6) is -0.737. The number of amides is 1. The van der Waals surface area contributed by atoms with Crippen molar-refractivity contribution in [2.45, 2.75) is 66.5 Å². The van der Waals surface area contributed by atoms with Crippen LogP contribution in [-0.2, 0) is 29.1 Å². The molecule has 8 heteroatoms. The fourth-order valence-electron chi connectivity index (χ4n) is 4.46. The minimum absolute atomic E-state index is 0.0855. The molecule has 0 spiro atoms. The van der Waals surface area contributed by atoms with E-state index in [1.165, 1.54) is 10.4 Å². The zero-order chi connectivity index (χ0) is 23.0. The molecule has 0 aromatic carbocycles. The molecule has 4 heterocycles. The van der Waals surface area contributed by atoms with Gasteiger partial charge in [-0.15, -0.1) is 11.3 Å². The molecule has 0 aliphatic carbocycles. The van der Waals surface area contributed by atoms with Crippen molar-refractivity contribution in [1.29, 1.82) is 0 Å². The van der Waals surface area contributed by atoms with E-state index in [0.717, 1.165) is 33.8 Å². The third-order valence-corrected chi connectivity index (χ3v) is 7.37. The first-order chi connectivity index (χ1) is 15.2. The quantitative estimate of drug-likeness (QED) is 0.574. The molecule has 0 atom stereocenters. The van der Waals surface area contributed by atoms with Crippen LogP contribution in [-0.4, -0.2) is 43.0 Å². The van der Waals surface area contributed by atoms with Gasteiger partial charge in [0.15, 0.2) is 0 Å². The number of fused-ring (bicyclic) bond motifs is 3. The lowest BCUT2D eigenvalue weighted by atomic mass is 9.87. The Hall–Kier alpha value is -2.74. The lowest BCUT2D eigenvalue weighted by molar-refractivity contribution is -0.147. The molecule has 0 bridgehead atoms. The van der Waals surface area contributed by atoms with E-state index in [1.54, 1.807) is 25.2 Å². The van der Waals surface area contributed by atoms with Gasteiger partial charge in [0.2, 0.25) is 5.91 Å². The lowest BCUT2D eigenvalue weighted by Crippen LogP contribution is -2.36. The summed E-state index contributed by atoms with van der Waals surface area (Å²) in [5.41, 5.74) is 3.59. The van der Waals surface area contributed by atoms with Crippen LogP contribution in [0.15, 0.2) is 18.3 Å². The Labute approximate surface area is 192 Å². The highest BCUT2D eigenvalue weighted by Gasteiger charge is 2.29. The maximum Gasteiger partial charge on any atom is 0.309 e. The fourth-order valence-corrected chi connectivity index (χ4v) is 5.29. The number of hydrogen-bond donors (Lipinski definition) is 1. The van der Waals surface area contributed by atoms with Crippen molar-refractivity contribution in [2.24, 2.45) is 5.41 Å². The SMILES string of the molecule is Cc1nc(Cn2c3c(c4cccnc42)CCN(C(=O)CCCC(C)(C)C(=O)O)C3)c(C)s1. The number of hydrogen-bond acceptors (Lipinski definition) is 5. The predicted molar refractivity (Wildman–Crippen MR) is 125 cm³/mol. The van der Waals surface area contributed by atoms with Crippen molar-refractivity contribution in [1.82, 2.24) is 19.4 Å². The zero-order valence-electron chi connectivity index (χ0n) is 19.1. The molecule has 0 fully saturated rings.